The van der Waals surface area contributed by atoms with Gasteiger partial charge < -0.3 is 4.98 Å². The molecule has 0 unspecified atom stereocenters. The molecule has 5 rings (SSSR count). The number of nitriles is 1. The highest BCUT2D eigenvalue weighted by atomic mass is 16.1. The van der Waals surface area contributed by atoms with Crippen molar-refractivity contribution in [2.45, 2.75) is 0 Å². The van der Waals surface area contributed by atoms with Crippen LogP contribution < -0.4 is 5.56 Å². The van der Waals surface area contributed by atoms with Gasteiger partial charge in [-0.2, -0.15) is 10.4 Å². The zero-order valence-corrected chi connectivity index (χ0v) is 17.1. The molecule has 0 bridgehead atoms. The first-order chi connectivity index (χ1) is 15.7. The number of nitrogens with zero attached hydrogens (tertiary/aromatic N) is 3. The van der Waals surface area contributed by atoms with Crippen LogP contribution in [0.4, 0.5) is 0 Å². The van der Waals surface area contributed by atoms with Crippen molar-refractivity contribution in [2.75, 3.05) is 0 Å². The highest BCUT2D eigenvalue weighted by Gasteiger charge is 2.20. The molecular formula is C27H18N4O. The normalized spacial score (nSPS) is 10.6. The lowest BCUT2D eigenvalue weighted by molar-refractivity contribution is 0.884. The molecule has 0 radical (unpaired) electrons. The Balaban J connectivity index is 1.79. The Morgan fingerprint density at radius 1 is 0.781 bits per heavy atom. The van der Waals surface area contributed by atoms with Crippen LogP contribution in [0.15, 0.2) is 108 Å². The summed E-state index contributed by atoms with van der Waals surface area (Å²) in [5.41, 5.74) is 4.93. The fourth-order valence-corrected chi connectivity index (χ4v) is 3.75. The van der Waals surface area contributed by atoms with Crippen molar-refractivity contribution in [2.24, 2.45) is 0 Å². The first-order valence-electron chi connectivity index (χ1n) is 10.2. The van der Waals surface area contributed by atoms with E-state index in [0.717, 1.165) is 22.4 Å². The van der Waals surface area contributed by atoms with Crippen LogP contribution in [0.25, 0.3) is 39.3 Å². The number of benzene rings is 3. The summed E-state index contributed by atoms with van der Waals surface area (Å²) in [5, 5.41) is 14.6. The van der Waals surface area contributed by atoms with Crippen molar-refractivity contribution in [1.29, 1.82) is 5.26 Å². The van der Waals surface area contributed by atoms with Crippen LogP contribution in [-0.4, -0.2) is 14.8 Å². The minimum Gasteiger partial charge on any atom is -0.321 e. The van der Waals surface area contributed by atoms with Crippen molar-refractivity contribution in [3.63, 3.8) is 0 Å². The van der Waals surface area contributed by atoms with E-state index >= 15 is 0 Å². The summed E-state index contributed by atoms with van der Waals surface area (Å²) in [6, 6.07) is 33.1. The number of pyridine rings is 1. The molecule has 0 atom stereocenters. The maximum atomic E-state index is 12.9. The van der Waals surface area contributed by atoms with E-state index in [1.807, 2.05) is 103 Å². The number of hydrogen-bond acceptors (Lipinski definition) is 3. The molecule has 0 saturated heterocycles. The Morgan fingerprint density at radius 3 is 2.00 bits per heavy atom. The number of nitrogens with one attached hydrogen (secondary N) is 1. The van der Waals surface area contributed by atoms with Crippen LogP contribution in [-0.2, 0) is 0 Å². The molecule has 0 aliphatic heterocycles. The van der Waals surface area contributed by atoms with Gasteiger partial charge in [0.25, 0.3) is 5.56 Å². The standard InChI is InChI=1S/C27H18N4O/c28-17-23-22(16-25(29-27(23)32)19-10-4-1-5-11-19)24-18-31(21-14-8-3-9-15-21)30-26(24)20-12-6-2-7-13-20/h1-16,18H,(H,29,32). The average Bonchev–Trinajstić information content (AvgIpc) is 3.31. The van der Waals surface area contributed by atoms with E-state index in [2.05, 4.69) is 11.1 Å². The van der Waals surface area contributed by atoms with Crippen molar-refractivity contribution in [3.05, 3.63) is 119 Å². The first-order valence-corrected chi connectivity index (χ1v) is 10.2. The van der Waals surface area contributed by atoms with Gasteiger partial charge in [-0.25, -0.2) is 4.68 Å². The van der Waals surface area contributed by atoms with Gasteiger partial charge >= 0.3 is 0 Å². The lowest BCUT2D eigenvalue weighted by atomic mass is 9.97. The van der Waals surface area contributed by atoms with Gasteiger partial charge in [0.05, 0.1) is 5.69 Å². The maximum Gasteiger partial charge on any atom is 0.266 e. The molecule has 5 heteroatoms. The number of rotatable bonds is 4. The van der Waals surface area contributed by atoms with Gasteiger partial charge in [-0.15, -0.1) is 0 Å². The van der Waals surface area contributed by atoms with Crippen LogP contribution in [0.2, 0.25) is 0 Å². The third-order valence-corrected chi connectivity index (χ3v) is 5.30. The second-order valence-corrected chi connectivity index (χ2v) is 7.32. The largest absolute Gasteiger partial charge is 0.321 e. The summed E-state index contributed by atoms with van der Waals surface area (Å²) >= 11 is 0. The molecule has 5 aromatic rings. The monoisotopic (exact) mass is 414 g/mol. The van der Waals surface area contributed by atoms with E-state index in [-0.39, 0.29) is 5.56 Å². The average molecular weight is 414 g/mol. The lowest BCUT2D eigenvalue weighted by Crippen LogP contribution is -2.12. The van der Waals surface area contributed by atoms with Gasteiger partial charge in [0.1, 0.15) is 17.3 Å². The molecule has 152 valence electrons. The molecule has 2 heterocycles. The van der Waals surface area contributed by atoms with Crippen LogP contribution in [0.1, 0.15) is 5.56 Å². The smallest absolute Gasteiger partial charge is 0.266 e. The molecule has 0 spiro atoms. The third-order valence-electron chi connectivity index (χ3n) is 5.30. The Hall–Kier alpha value is -4.69. The molecule has 0 aliphatic rings. The zero-order valence-electron chi connectivity index (χ0n) is 17.1. The highest BCUT2D eigenvalue weighted by molar-refractivity contribution is 5.85. The molecule has 3 aromatic carbocycles. The summed E-state index contributed by atoms with van der Waals surface area (Å²) in [7, 11) is 0. The number of para-hydroxylation sites is 1. The Morgan fingerprint density at radius 2 is 1.38 bits per heavy atom. The summed E-state index contributed by atoms with van der Waals surface area (Å²) < 4.78 is 1.78. The van der Waals surface area contributed by atoms with Crippen molar-refractivity contribution >= 4 is 0 Å². The molecule has 0 aliphatic carbocycles. The van der Waals surface area contributed by atoms with Crippen molar-refractivity contribution in [1.82, 2.24) is 14.8 Å². The van der Waals surface area contributed by atoms with Gasteiger partial charge in [0.15, 0.2) is 0 Å². The number of H-pyrrole nitrogens is 1. The third kappa shape index (κ3) is 3.51. The predicted molar refractivity (Wildman–Crippen MR) is 125 cm³/mol. The lowest BCUT2D eigenvalue weighted by Gasteiger charge is -2.08. The summed E-state index contributed by atoms with van der Waals surface area (Å²) in [6.45, 7) is 0. The molecule has 2 aromatic heterocycles. The fourth-order valence-electron chi connectivity index (χ4n) is 3.75. The Labute approximate surface area is 184 Å². The van der Waals surface area contributed by atoms with Gasteiger partial charge in [0, 0.05) is 28.6 Å². The van der Waals surface area contributed by atoms with Crippen molar-refractivity contribution in [3.8, 4) is 45.4 Å². The van der Waals surface area contributed by atoms with E-state index in [1.54, 1.807) is 4.68 Å². The van der Waals surface area contributed by atoms with Crippen LogP contribution in [0.5, 0.6) is 0 Å². The van der Waals surface area contributed by atoms with E-state index in [1.165, 1.54) is 0 Å². The number of hydrogen-bond donors (Lipinski definition) is 1. The first kappa shape index (κ1) is 19.3. The number of aromatic amines is 1. The van der Waals surface area contributed by atoms with Crippen molar-refractivity contribution < 1.29 is 0 Å². The van der Waals surface area contributed by atoms with E-state index in [0.29, 0.717) is 17.0 Å². The minimum atomic E-state index is -0.421. The molecule has 0 fully saturated rings. The molecule has 0 amide bonds. The SMILES string of the molecule is N#Cc1c(-c2cn(-c3ccccc3)nc2-c2ccccc2)cc(-c2ccccc2)[nH]c1=O. The molecule has 1 N–H and O–H groups in total. The zero-order chi connectivity index (χ0) is 21.9. The summed E-state index contributed by atoms with van der Waals surface area (Å²) in [6.07, 6.45) is 1.88. The van der Waals surface area contributed by atoms with Crippen LogP contribution >= 0.6 is 0 Å². The fraction of sp³-hybridized carbons (Fsp3) is 0. The molecule has 0 saturated carbocycles. The maximum absolute atomic E-state index is 12.9. The Bertz CT molecular complexity index is 1480. The second-order valence-electron chi connectivity index (χ2n) is 7.32. The van der Waals surface area contributed by atoms with Gasteiger partial charge in [0.2, 0.25) is 0 Å². The molecule has 5 nitrogen and oxygen atoms in total. The minimum absolute atomic E-state index is 0.0643. The summed E-state index contributed by atoms with van der Waals surface area (Å²) in [4.78, 5) is 15.7. The number of aromatic nitrogens is 3. The quantitative estimate of drug-likeness (QED) is 0.426. The van der Waals surface area contributed by atoms with E-state index in [4.69, 9.17) is 5.10 Å². The van der Waals surface area contributed by atoms with Gasteiger partial charge in [-0.3, -0.25) is 4.79 Å². The predicted octanol–water partition coefficient (Wildman–Crippen LogP) is 5.43. The van der Waals surface area contributed by atoms with Crippen LogP contribution in [0, 0.1) is 11.3 Å². The van der Waals surface area contributed by atoms with E-state index < -0.39 is 5.56 Å². The highest BCUT2D eigenvalue weighted by Crippen LogP contribution is 2.34. The van der Waals surface area contributed by atoms with Gasteiger partial charge in [-0.05, 0) is 23.8 Å². The Kier molecular flexibility index (Phi) is 4.95. The second kappa shape index (κ2) is 8.21. The van der Waals surface area contributed by atoms with Gasteiger partial charge in [-0.1, -0.05) is 78.9 Å². The molecular weight excluding hydrogens is 396 g/mol. The van der Waals surface area contributed by atoms with Crippen LogP contribution in [0.3, 0.4) is 0 Å². The topological polar surface area (TPSA) is 74.5 Å². The molecule has 32 heavy (non-hydrogen) atoms. The van der Waals surface area contributed by atoms with E-state index in [9.17, 15) is 10.1 Å². The summed E-state index contributed by atoms with van der Waals surface area (Å²) in [5.74, 6) is 0.